The molecule has 2 rings (SSSR count). The SMILES string of the molecule is CCOC1(C(N)c2cccc(Br)c2F)CCCC(C)C1. The van der Waals surface area contributed by atoms with Crippen LogP contribution in [0.25, 0.3) is 0 Å². The van der Waals surface area contributed by atoms with Crippen molar-refractivity contribution in [3.63, 3.8) is 0 Å². The molecule has 0 radical (unpaired) electrons. The lowest BCUT2D eigenvalue weighted by atomic mass is 9.73. The molecule has 3 atom stereocenters. The maximum Gasteiger partial charge on any atom is 0.142 e. The van der Waals surface area contributed by atoms with Crippen LogP contribution in [-0.4, -0.2) is 12.2 Å². The van der Waals surface area contributed by atoms with Gasteiger partial charge in [0.1, 0.15) is 5.82 Å². The highest BCUT2D eigenvalue weighted by Gasteiger charge is 2.42. The summed E-state index contributed by atoms with van der Waals surface area (Å²) < 4.78 is 20.8. The van der Waals surface area contributed by atoms with Gasteiger partial charge in [-0.3, -0.25) is 0 Å². The molecule has 0 spiro atoms. The zero-order valence-corrected chi connectivity index (χ0v) is 13.7. The Kier molecular flexibility index (Phi) is 5.21. The standard InChI is InChI=1S/C16H23BrFNO/c1-3-20-16(9-5-6-11(2)10-16)15(19)12-7-4-8-13(17)14(12)18/h4,7-8,11,15H,3,5-6,9-10,19H2,1-2H3. The number of benzene rings is 1. The van der Waals surface area contributed by atoms with Crippen LogP contribution in [0.1, 0.15) is 51.1 Å². The van der Waals surface area contributed by atoms with E-state index in [1.807, 2.05) is 13.0 Å². The van der Waals surface area contributed by atoms with Gasteiger partial charge in [-0.15, -0.1) is 0 Å². The van der Waals surface area contributed by atoms with Gasteiger partial charge in [-0.25, -0.2) is 4.39 Å². The third-order valence-electron chi connectivity index (χ3n) is 4.31. The van der Waals surface area contributed by atoms with Crippen LogP contribution in [0.15, 0.2) is 22.7 Å². The van der Waals surface area contributed by atoms with E-state index in [-0.39, 0.29) is 5.82 Å². The van der Waals surface area contributed by atoms with Crippen molar-refractivity contribution in [1.29, 1.82) is 0 Å². The van der Waals surface area contributed by atoms with Crippen molar-refractivity contribution >= 4 is 15.9 Å². The lowest BCUT2D eigenvalue weighted by molar-refractivity contribution is -0.0944. The van der Waals surface area contributed by atoms with Crippen LogP contribution in [0.5, 0.6) is 0 Å². The second kappa shape index (κ2) is 6.54. The van der Waals surface area contributed by atoms with Gasteiger partial charge in [0.05, 0.1) is 16.1 Å². The molecular formula is C16H23BrFNO. The summed E-state index contributed by atoms with van der Waals surface area (Å²) in [5.41, 5.74) is 6.54. The molecule has 112 valence electrons. The number of rotatable bonds is 4. The Hall–Kier alpha value is -0.450. The van der Waals surface area contributed by atoms with E-state index < -0.39 is 11.6 Å². The monoisotopic (exact) mass is 343 g/mol. The highest BCUT2D eigenvalue weighted by atomic mass is 79.9. The molecular weight excluding hydrogens is 321 g/mol. The Morgan fingerprint density at radius 3 is 2.95 bits per heavy atom. The number of hydrogen-bond donors (Lipinski definition) is 1. The van der Waals surface area contributed by atoms with E-state index in [0.717, 1.165) is 19.3 Å². The lowest BCUT2D eigenvalue weighted by Gasteiger charge is -2.44. The number of nitrogens with two attached hydrogens (primary N) is 1. The van der Waals surface area contributed by atoms with Crippen molar-refractivity contribution in [2.75, 3.05) is 6.61 Å². The van der Waals surface area contributed by atoms with Crippen molar-refractivity contribution in [3.05, 3.63) is 34.1 Å². The summed E-state index contributed by atoms with van der Waals surface area (Å²) in [6.45, 7) is 4.80. The molecule has 1 fully saturated rings. The van der Waals surface area contributed by atoms with Crippen LogP contribution in [0.2, 0.25) is 0 Å². The average Bonchev–Trinajstić information content (AvgIpc) is 2.41. The van der Waals surface area contributed by atoms with E-state index >= 15 is 0 Å². The summed E-state index contributed by atoms with van der Waals surface area (Å²) in [6, 6.07) is 4.87. The molecule has 1 aliphatic carbocycles. The molecule has 1 saturated carbocycles. The first kappa shape index (κ1) is 15.9. The van der Waals surface area contributed by atoms with Crippen molar-refractivity contribution in [2.24, 2.45) is 11.7 Å². The quantitative estimate of drug-likeness (QED) is 0.868. The minimum atomic E-state index is -0.436. The topological polar surface area (TPSA) is 35.2 Å². The maximum absolute atomic E-state index is 14.3. The Balaban J connectivity index is 2.35. The van der Waals surface area contributed by atoms with Crippen molar-refractivity contribution in [1.82, 2.24) is 0 Å². The molecule has 0 aromatic heterocycles. The van der Waals surface area contributed by atoms with Crippen LogP contribution in [0.4, 0.5) is 4.39 Å². The smallest absolute Gasteiger partial charge is 0.142 e. The highest BCUT2D eigenvalue weighted by Crippen LogP contribution is 2.43. The molecule has 0 bridgehead atoms. The third kappa shape index (κ3) is 3.07. The zero-order chi connectivity index (χ0) is 14.8. The van der Waals surface area contributed by atoms with Crippen molar-refractivity contribution < 1.29 is 9.13 Å². The predicted molar refractivity (Wildman–Crippen MR) is 83.0 cm³/mol. The van der Waals surface area contributed by atoms with Gasteiger partial charge in [-0.05, 0) is 47.7 Å². The normalized spacial score (nSPS) is 28.4. The van der Waals surface area contributed by atoms with E-state index in [0.29, 0.717) is 22.6 Å². The van der Waals surface area contributed by atoms with Gasteiger partial charge in [0.15, 0.2) is 0 Å². The van der Waals surface area contributed by atoms with E-state index in [2.05, 4.69) is 22.9 Å². The van der Waals surface area contributed by atoms with E-state index in [4.69, 9.17) is 10.5 Å². The minimum Gasteiger partial charge on any atom is -0.373 e. The Bertz CT molecular complexity index is 464. The average molecular weight is 344 g/mol. The molecule has 0 amide bonds. The minimum absolute atomic E-state index is 0.266. The summed E-state index contributed by atoms with van der Waals surface area (Å²) in [6.07, 6.45) is 4.08. The van der Waals surface area contributed by atoms with E-state index in [1.54, 1.807) is 12.1 Å². The molecule has 0 saturated heterocycles. The molecule has 20 heavy (non-hydrogen) atoms. The van der Waals surface area contributed by atoms with E-state index in [1.165, 1.54) is 6.42 Å². The molecule has 3 unspecified atom stereocenters. The van der Waals surface area contributed by atoms with Crippen LogP contribution in [0, 0.1) is 11.7 Å². The third-order valence-corrected chi connectivity index (χ3v) is 4.92. The molecule has 0 heterocycles. The fourth-order valence-corrected chi connectivity index (χ4v) is 3.76. The molecule has 2 nitrogen and oxygen atoms in total. The van der Waals surface area contributed by atoms with Gasteiger partial charge in [-0.2, -0.15) is 0 Å². The number of ether oxygens (including phenoxy) is 1. The fourth-order valence-electron chi connectivity index (χ4n) is 3.38. The number of halogens is 2. The van der Waals surface area contributed by atoms with Gasteiger partial charge in [0, 0.05) is 12.2 Å². The van der Waals surface area contributed by atoms with Gasteiger partial charge < -0.3 is 10.5 Å². The zero-order valence-electron chi connectivity index (χ0n) is 12.2. The second-order valence-corrected chi connectivity index (χ2v) is 6.67. The first-order valence-electron chi connectivity index (χ1n) is 7.33. The van der Waals surface area contributed by atoms with Crippen LogP contribution < -0.4 is 5.73 Å². The van der Waals surface area contributed by atoms with Gasteiger partial charge in [-0.1, -0.05) is 31.9 Å². The molecule has 1 aromatic rings. The molecule has 2 N–H and O–H groups in total. The molecule has 1 aliphatic rings. The summed E-state index contributed by atoms with van der Waals surface area (Å²) in [5.74, 6) is 0.300. The van der Waals surface area contributed by atoms with Gasteiger partial charge in [0.25, 0.3) is 0 Å². The molecule has 4 heteroatoms. The number of hydrogen-bond acceptors (Lipinski definition) is 2. The van der Waals surface area contributed by atoms with Crippen LogP contribution >= 0.6 is 15.9 Å². The molecule has 0 aliphatic heterocycles. The maximum atomic E-state index is 14.3. The van der Waals surface area contributed by atoms with Crippen LogP contribution in [0.3, 0.4) is 0 Å². The van der Waals surface area contributed by atoms with Gasteiger partial charge >= 0.3 is 0 Å². The molecule has 1 aromatic carbocycles. The largest absolute Gasteiger partial charge is 0.373 e. The summed E-state index contributed by atoms with van der Waals surface area (Å²) in [4.78, 5) is 0. The fraction of sp³-hybridized carbons (Fsp3) is 0.625. The predicted octanol–water partition coefficient (Wildman–Crippen LogP) is 4.57. The highest BCUT2D eigenvalue weighted by molar-refractivity contribution is 9.10. The van der Waals surface area contributed by atoms with Crippen LogP contribution in [-0.2, 0) is 4.74 Å². The van der Waals surface area contributed by atoms with E-state index in [9.17, 15) is 4.39 Å². The summed E-state index contributed by atoms with van der Waals surface area (Å²) in [5, 5.41) is 0. The summed E-state index contributed by atoms with van der Waals surface area (Å²) in [7, 11) is 0. The second-order valence-electron chi connectivity index (χ2n) is 5.82. The Labute approximate surface area is 129 Å². The Morgan fingerprint density at radius 2 is 2.30 bits per heavy atom. The summed E-state index contributed by atoms with van der Waals surface area (Å²) >= 11 is 3.24. The van der Waals surface area contributed by atoms with Crippen molar-refractivity contribution in [3.8, 4) is 0 Å². The first-order valence-corrected chi connectivity index (χ1v) is 8.13. The van der Waals surface area contributed by atoms with Gasteiger partial charge in [0.2, 0.25) is 0 Å². The van der Waals surface area contributed by atoms with Crippen molar-refractivity contribution in [2.45, 2.75) is 51.2 Å². The first-order chi connectivity index (χ1) is 9.50. The lowest BCUT2D eigenvalue weighted by Crippen LogP contribution is -2.47. The Morgan fingerprint density at radius 1 is 1.55 bits per heavy atom.